The van der Waals surface area contributed by atoms with Crippen LogP contribution in [0.5, 0.6) is 0 Å². The molecule has 0 aromatic carbocycles. The molecule has 10 nitrogen and oxygen atoms in total. The quantitative estimate of drug-likeness (QED) is 0.154. The molecule has 0 aliphatic carbocycles. The number of ether oxygens (including phenoxy) is 3. The van der Waals surface area contributed by atoms with Crippen LogP contribution in [0.2, 0.25) is 0 Å². The average Bonchev–Trinajstić information content (AvgIpc) is 3.04. The Hall–Kier alpha value is -1.14. The van der Waals surface area contributed by atoms with Crippen LogP contribution in [0.25, 0.3) is 0 Å². The molecule has 0 spiro atoms. The lowest BCUT2D eigenvalue weighted by atomic mass is 9.94. The second-order valence-electron chi connectivity index (χ2n) is 9.07. The summed E-state index contributed by atoms with van der Waals surface area (Å²) in [5.41, 5.74) is 0. The minimum Gasteiger partial charge on any atom is -0.462 e. The Morgan fingerprint density at radius 2 is 1.58 bits per heavy atom. The van der Waals surface area contributed by atoms with E-state index in [2.05, 4.69) is 0 Å². The van der Waals surface area contributed by atoms with Crippen molar-refractivity contribution in [2.24, 2.45) is 11.8 Å². The maximum atomic E-state index is 12.5. The van der Waals surface area contributed by atoms with Crippen molar-refractivity contribution in [1.29, 1.82) is 0 Å². The summed E-state index contributed by atoms with van der Waals surface area (Å²) in [6, 6.07) is 0. The first-order chi connectivity index (χ1) is 15.6. The van der Waals surface area contributed by atoms with Crippen molar-refractivity contribution in [1.82, 2.24) is 0 Å². The first kappa shape index (κ1) is 29.9. The lowest BCUT2D eigenvalue weighted by molar-refractivity contribution is -0.208. The Morgan fingerprint density at radius 3 is 2.09 bits per heavy atom. The Bertz CT molecular complexity index is 573. The van der Waals surface area contributed by atoms with Gasteiger partial charge in [-0.2, -0.15) is 0 Å². The Kier molecular flexibility index (Phi) is 13.6. The number of aldehydes is 1. The van der Waals surface area contributed by atoms with Crippen molar-refractivity contribution in [3.63, 3.8) is 0 Å². The van der Waals surface area contributed by atoms with E-state index in [-0.39, 0.29) is 37.5 Å². The summed E-state index contributed by atoms with van der Waals surface area (Å²) in [6.45, 7) is 7.16. The van der Waals surface area contributed by atoms with E-state index in [1.165, 1.54) is 0 Å². The molecule has 10 atom stereocenters. The number of aliphatic hydroxyl groups excluding tert-OH is 5. The van der Waals surface area contributed by atoms with Gasteiger partial charge in [-0.3, -0.25) is 4.79 Å². The molecule has 0 amide bonds. The van der Waals surface area contributed by atoms with Crippen molar-refractivity contribution >= 4 is 12.3 Å². The Labute approximate surface area is 195 Å². The summed E-state index contributed by atoms with van der Waals surface area (Å²) in [5.74, 6) is -0.708. The molecule has 1 heterocycles. The number of carbonyl (C=O) groups excluding carboxylic acids is 2. The summed E-state index contributed by atoms with van der Waals surface area (Å²) >= 11 is 0. The van der Waals surface area contributed by atoms with Gasteiger partial charge in [-0.15, -0.1) is 0 Å². The lowest BCUT2D eigenvalue weighted by Gasteiger charge is -2.30. The predicted octanol–water partition coefficient (Wildman–Crippen LogP) is 0.296. The second kappa shape index (κ2) is 15.0. The molecule has 33 heavy (non-hydrogen) atoms. The third-order valence-corrected chi connectivity index (χ3v) is 6.43. The highest BCUT2D eigenvalue weighted by atomic mass is 16.7. The molecule has 1 rings (SSSR count). The third-order valence-electron chi connectivity index (χ3n) is 6.43. The van der Waals surface area contributed by atoms with Crippen molar-refractivity contribution in [3.05, 3.63) is 0 Å². The minimum atomic E-state index is -1.34. The average molecular weight is 479 g/mol. The standard InChI is InChI=1S/C23H42O10/c1-5-13(3)17(9-15(26)7-8-24)31-20(28)11-16(27)10-18(14(4)6-2)32-23-22(30)21(29)19(12-25)33-23/h8,13-19,21-23,25-27,29-30H,5-7,9-12H2,1-4H3. The second-order valence-corrected chi connectivity index (χ2v) is 9.07. The fraction of sp³-hybridized carbons (Fsp3) is 0.913. The summed E-state index contributed by atoms with van der Waals surface area (Å²) in [6.07, 6.45) is -6.01. The Balaban J connectivity index is 2.70. The van der Waals surface area contributed by atoms with Gasteiger partial charge in [-0.05, 0) is 11.8 Å². The summed E-state index contributed by atoms with van der Waals surface area (Å²) in [7, 11) is 0. The highest BCUT2D eigenvalue weighted by molar-refractivity contribution is 5.70. The monoisotopic (exact) mass is 478 g/mol. The van der Waals surface area contributed by atoms with Gasteiger partial charge in [0.05, 0.1) is 31.3 Å². The van der Waals surface area contributed by atoms with E-state index in [9.17, 15) is 35.1 Å². The van der Waals surface area contributed by atoms with Gasteiger partial charge in [0.15, 0.2) is 6.29 Å². The van der Waals surface area contributed by atoms with E-state index in [4.69, 9.17) is 14.2 Å². The van der Waals surface area contributed by atoms with Crippen LogP contribution in [0.15, 0.2) is 0 Å². The molecular formula is C23H42O10. The van der Waals surface area contributed by atoms with Crippen LogP contribution in [0.1, 0.15) is 66.2 Å². The van der Waals surface area contributed by atoms with Gasteiger partial charge < -0.3 is 44.5 Å². The van der Waals surface area contributed by atoms with Crippen LogP contribution in [-0.4, -0.2) is 93.4 Å². The molecule has 5 N–H and O–H groups in total. The molecule has 1 aliphatic heterocycles. The number of aliphatic hydroxyl groups is 5. The third kappa shape index (κ3) is 9.56. The van der Waals surface area contributed by atoms with Crippen LogP contribution in [0.3, 0.4) is 0 Å². The zero-order chi connectivity index (χ0) is 25.1. The number of rotatable bonds is 16. The van der Waals surface area contributed by atoms with Crippen LogP contribution in [0, 0.1) is 11.8 Å². The molecule has 1 saturated heterocycles. The number of hydrogen-bond acceptors (Lipinski definition) is 10. The molecule has 0 bridgehead atoms. The molecular weight excluding hydrogens is 436 g/mol. The van der Waals surface area contributed by atoms with Crippen molar-refractivity contribution < 1.29 is 49.3 Å². The van der Waals surface area contributed by atoms with Gasteiger partial charge in [0.25, 0.3) is 0 Å². The predicted molar refractivity (Wildman–Crippen MR) is 118 cm³/mol. The smallest absolute Gasteiger partial charge is 0.308 e. The summed E-state index contributed by atoms with van der Waals surface area (Å²) < 4.78 is 16.7. The van der Waals surface area contributed by atoms with E-state index < -0.39 is 61.6 Å². The molecule has 0 aromatic heterocycles. The minimum absolute atomic E-state index is 0.0320. The van der Waals surface area contributed by atoms with Gasteiger partial charge in [0, 0.05) is 19.3 Å². The molecule has 10 heteroatoms. The van der Waals surface area contributed by atoms with E-state index in [1.54, 1.807) is 0 Å². The molecule has 0 saturated carbocycles. The van der Waals surface area contributed by atoms with Crippen molar-refractivity contribution in [2.45, 2.75) is 115 Å². The van der Waals surface area contributed by atoms with E-state index in [1.807, 2.05) is 27.7 Å². The first-order valence-corrected chi connectivity index (χ1v) is 11.8. The number of carbonyl (C=O) groups is 2. The van der Waals surface area contributed by atoms with Gasteiger partial charge in [0.2, 0.25) is 0 Å². The maximum Gasteiger partial charge on any atom is 0.308 e. The largest absolute Gasteiger partial charge is 0.462 e. The lowest BCUT2D eigenvalue weighted by Crippen LogP contribution is -2.39. The molecule has 0 aromatic rings. The molecule has 1 fully saturated rings. The maximum absolute atomic E-state index is 12.5. The number of esters is 1. The van der Waals surface area contributed by atoms with Crippen molar-refractivity contribution in [3.8, 4) is 0 Å². The van der Waals surface area contributed by atoms with E-state index >= 15 is 0 Å². The van der Waals surface area contributed by atoms with E-state index in [0.29, 0.717) is 19.1 Å². The van der Waals surface area contributed by atoms with Gasteiger partial charge in [-0.25, -0.2) is 0 Å². The fourth-order valence-electron chi connectivity index (χ4n) is 3.73. The van der Waals surface area contributed by atoms with Crippen LogP contribution >= 0.6 is 0 Å². The molecule has 10 unspecified atom stereocenters. The van der Waals surface area contributed by atoms with Gasteiger partial charge in [-0.1, -0.05) is 40.5 Å². The Morgan fingerprint density at radius 1 is 1.00 bits per heavy atom. The molecule has 194 valence electrons. The molecule has 0 radical (unpaired) electrons. The summed E-state index contributed by atoms with van der Waals surface area (Å²) in [4.78, 5) is 23.1. The van der Waals surface area contributed by atoms with Gasteiger partial charge in [0.1, 0.15) is 30.7 Å². The highest BCUT2D eigenvalue weighted by Crippen LogP contribution is 2.28. The normalized spacial score (nSPS) is 28.5. The zero-order valence-electron chi connectivity index (χ0n) is 20.1. The van der Waals surface area contributed by atoms with Crippen LogP contribution in [0.4, 0.5) is 0 Å². The van der Waals surface area contributed by atoms with Crippen LogP contribution < -0.4 is 0 Å². The zero-order valence-corrected chi connectivity index (χ0v) is 20.1. The summed E-state index contributed by atoms with van der Waals surface area (Å²) in [5, 5.41) is 49.8. The van der Waals surface area contributed by atoms with Crippen molar-refractivity contribution in [2.75, 3.05) is 6.61 Å². The van der Waals surface area contributed by atoms with E-state index in [0.717, 1.165) is 0 Å². The topological polar surface area (TPSA) is 163 Å². The fourth-order valence-corrected chi connectivity index (χ4v) is 3.73. The van der Waals surface area contributed by atoms with Crippen LogP contribution in [-0.2, 0) is 23.8 Å². The SMILES string of the molecule is CCC(C)C(CC(O)CC=O)OC(=O)CC(O)CC(OC1OC(CO)C(O)C1O)C(C)CC. The number of hydrogen-bond donors (Lipinski definition) is 5. The highest BCUT2D eigenvalue weighted by Gasteiger charge is 2.44. The van der Waals surface area contributed by atoms with Gasteiger partial charge >= 0.3 is 5.97 Å². The molecule has 1 aliphatic rings. The first-order valence-electron chi connectivity index (χ1n) is 11.8.